The topological polar surface area (TPSA) is 120 Å². The Bertz CT molecular complexity index is 430. The molecule has 4 N–H and O–H groups in total. The van der Waals surface area contributed by atoms with Gasteiger partial charge in [-0.2, -0.15) is 5.10 Å². The Morgan fingerprint density at radius 3 is 2.89 bits per heavy atom. The summed E-state index contributed by atoms with van der Waals surface area (Å²) in [7, 11) is 0. The number of aromatic amines is 1. The molecule has 0 aliphatic heterocycles. The number of carbonyl (C=O) groups excluding carboxylic acids is 1. The van der Waals surface area contributed by atoms with E-state index in [-0.39, 0.29) is 18.5 Å². The van der Waals surface area contributed by atoms with E-state index < -0.39 is 5.97 Å². The van der Waals surface area contributed by atoms with E-state index in [0.29, 0.717) is 24.7 Å². The Hall–Kier alpha value is -2.12. The molecule has 2 amide bonds. The van der Waals surface area contributed by atoms with E-state index in [1.54, 1.807) is 0 Å². The van der Waals surface area contributed by atoms with Gasteiger partial charge in [-0.3, -0.25) is 9.89 Å². The first-order chi connectivity index (χ1) is 9.15. The van der Waals surface area contributed by atoms with Crippen molar-refractivity contribution in [3.8, 4) is 0 Å². The Kier molecular flexibility index (Phi) is 4.32. The molecule has 1 fully saturated rings. The molecule has 2 rings (SSSR count). The summed E-state index contributed by atoms with van der Waals surface area (Å²) in [5.41, 5.74) is 0. The Balaban J connectivity index is 1.68. The molecule has 1 aliphatic rings. The summed E-state index contributed by atoms with van der Waals surface area (Å²) in [5, 5.41) is 20.6. The summed E-state index contributed by atoms with van der Waals surface area (Å²) >= 11 is 0. The molecule has 1 aliphatic carbocycles. The highest BCUT2D eigenvalue weighted by atomic mass is 16.4. The van der Waals surface area contributed by atoms with Crippen LogP contribution in [0.2, 0.25) is 0 Å². The molecule has 0 saturated heterocycles. The molecule has 1 unspecified atom stereocenters. The van der Waals surface area contributed by atoms with E-state index >= 15 is 0 Å². The number of hydrogen-bond donors (Lipinski definition) is 4. The Morgan fingerprint density at radius 1 is 1.53 bits per heavy atom. The maximum absolute atomic E-state index is 11.6. The van der Waals surface area contributed by atoms with Crippen LogP contribution in [0, 0.1) is 5.92 Å². The summed E-state index contributed by atoms with van der Waals surface area (Å²) in [4.78, 5) is 26.3. The van der Waals surface area contributed by atoms with Crippen LogP contribution in [0.4, 0.5) is 4.79 Å². The number of H-pyrrole nitrogens is 1. The fourth-order valence-electron chi connectivity index (χ4n) is 1.89. The number of carboxylic acid groups (broad SMARTS) is 1. The van der Waals surface area contributed by atoms with Crippen LogP contribution in [0.3, 0.4) is 0 Å². The van der Waals surface area contributed by atoms with E-state index in [9.17, 15) is 9.59 Å². The Labute approximate surface area is 110 Å². The third-order valence-electron chi connectivity index (χ3n) is 3.01. The minimum atomic E-state index is -0.890. The number of aromatic nitrogens is 3. The van der Waals surface area contributed by atoms with Crippen LogP contribution in [0.25, 0.3) is 0 Å². The van der Waals surface area contributed by atoms with Gasteiger partial charge in [0.25, 0.3) is 0 Å². The number of urea groups is 1. The second-order valence-corrected chi connectivity index (χ2v) is 4.62. The van der Waals surface area contributed by atoms with Crippen molar-refractivity contribution in [3.63, 3.8) is 0 Å². The SMILES string of the molecule is O=C(O)CC(NC(=O)NCCc1ncn[nH]1)C1CC1. The van der Waals surface area contributed by atoms with Crippen molar-refractivity contribution < 1.29 is 14.7 Å². The standard InChI is InChI=1S/C11H17N5O3/c17-10(18)5-8(7-1-2-7)15-11(19)12-4-3-9-13-6-14-16-9/h6-8H,1-5H2,(H,17,18)(H2,12,15,19)(H,13,14,16). The fourth-order valence-corrected chi connectivity index (χ4v) is 1.89. The van der Waals surface area contributed by atoms with E-state index in [1.807, 2.05) is 0 Å². The number of amides is 2. The number of carbonyl (C=O) groups is 2. The number of nitrogens with one attached hydrogen (secondary N) is 3. The molecule has 8 heteroatoms. The predicted molar refractivity (Wildman–Crippen MR) is 65.4 cm³/mol. The molecule has 0 spiro atoms. The van der Waals surface area contributed by atoms with Crippen LogP contribution in [0.1, 0.15) is 25.1 Å². The van der Waals surface area contributed by atoms with Gasteiger partial charge < -0.3 is 15.7 Å². The maximum atomic E-state index is 11.6. The zero-order chi connectivity index (χ0) is 13.7. The summed E-state index contributed by atoms with van der Waals surface area (Å²) in [6.45, 7) is 0.422. The smallest absolute Gasteiger partial charge is 0.315 e. The lowest BCUT2D eigenvalue weighted by Gasteiger charge is -2.16. The number of nitrogens with zero attached hydrogens (tertiary/aromatic N) is 2. The molecule has 0 aromatic carbocycles. The Morgan fingerprint density at radius 2 is 2.32 bits per heavy atom. The van der Waals surface area contributed by atoms with Crippen molar-refractivity contribution in [1.82, 2.24) is 25.8 Å². The van der Waals surface area contributed by atoms with Gasteiger partial charge in [-0.1, -0.05) is 0 Å². The first kappa shape index (κ1) is 13.3. The molecular weight excluding hydrogens is 250 g/mol. The molecule has 1 aromatic rings. The highest BCUT2D eigenvalue weighted by Gasteiger charge is 2.33. The molecule has 1 aromatic heterocycles. The average molecular weight is 267 g/mol. The predicted octanol–water partition coefficient (Wildman–Crippen LogP) is -0.100. The lowest BCUT2D eigenvalue weighted by Crippen LogP contribution is -2.44. The fraction of sp³-hybridized carbons (Fsp3) is 0.636. The van der Waals surface area contributed by atoms with E-state index in [0.717, 1.165) is 12.8 Å². The third-order valence-corrected chi connectivity index (χ3v) is 3.01. The van der Waals surface area contributed by atoms with Crippen LogP contribution >= 0.6 is 0 Å². The van der Waals surface area contributed by atoms with Crippen LogP contribution in [-0.2, 0) is 11.2 Å². The van der Waals surface area contributed by atoms with Crippen molar-refractivity contribution in [2.75, 3.05) is 6.54 Å². The zero-order valence-corrected chi connectivity index (χ0v) is 10.4. The summed E-state index contributed by atoms with van der Waals surface area (Å²) in [6, 6.07) is -0.611. The number of rotatable bonds is 7. The van der Waals surface area contributed by atoms with Gasteiger partial charge in [0, 0.05) is 19.0 Å². The summed E-state index contributed by atoms with van der Waals surface area (Å²) < 4.78 is 0. The zero-order valence-electron chi connectivity index (χ0n) is 10.4. The lowest BCUT2D eigenvalue weighted by molar-refractivity contribution is -0.137. The van der Waals surface area contributed by atoms with E-state index in [4.69, 9.17) is 5.11 Å². The molecule has 1 atom stereocenters. The van der Waals surface area contributed by atoms with Crippen LogP contribution < -0.4 is 10.6 Å². The van der Waals surface area contributed by atoms with Crippen molar-refractivity contribution >= 4 is 12.0 Å². The van der Waals surface area contributed by atoms with Gasteiger partial charge in [0.1, 0.15) is 12.2 Å². The van der Waals surface area contributed by atoms with Gasteiger partial charge in [0.15, 0.2) is 0 Å². The second-order valence-electron chi connectivity index (χ2n) is 4.62. The molecule has 1 heterocycles. The summed E-state index contributed by atoms with van der Waals surface area (Å²) in [5.74, 6) is 0.111. The van der Waals surface area contributed by atoms with E-state index in [2.05, 4.69) is 25.8 Å². The number of hydrogen-bond acceptors (Lipinski definition) is 4. The third kappa shape index (κ3) is 4.57. The minimum Gasteiger partial charge on any atom is -0.481 e. The summed E-state index contributed by atoms with van der Waals surface area (Å²) in [6.07, 6.45) is 3.90. The molecule has 19 heavy (non-hydrogen) atoms. The van der Waals surface area contributed by atoms with Crippen LogP contribution in [0.15, 0.2) is 6.33 Å². The van der Waals surface area contributed by atoms with Gasteiger partial charge in [-0.15, -0.1) is 0 Å². The van der Waals surface area contributed by atoms with Gasteiger partial charge in [-0.25, -0.2) is 9.78 Å². The number of carboxylic acids is 1. The van der Waals surface area contributed by atoms with E-state index in [1.165, 1.54) is 6.33 Å². The first-order valence-corrected chi connectivity index (χ1v) is 6.25. The molecule has 1 saturated carbocycles. The van der Waals surface area contributed by atoms with Gasteiger partial charge in [0.05, 0.1) is 6.42 Å². The molecule has 0 bridgehead atoms. The highest BCUT2D eigenvalue weighted by Crippen LogP contribution is 2.33. The molecule has 8 nitrogen and oxygen atoms in total. The quantitative estimate of drug-likeness (QED) is 0.550. The van der Waals surface area contributed by atoms with Crippen molar-refractivity contribution in [1.29, 1.82) is 0 Å². The van der Waals surface area contributed by atoms with Gasteiger partial charge in [-0.05, 0) is 18.8 Å². The highest BCUT2D eigenvalue weighted by molar-refractivity contribution is 5.75. The van der Waals surface area contributed by atoms with Crippen LogP contribution in [-0.4, -0.2) is 44.9 Å². The van der Waals surface area contributed by atoms with Crippen molar-refractivity contribution in [2.24, 2.45) is 5.92 Å². The molecule has 104 valence electrons. The average Bonchev–Trinajstić information content (AvgIpc) is 3.07. The van der Waals surface area contributed by atoms with Crippen molar-refractivity contribution in [2.45, 2.75) is 31.7 Å². The van der Waals surface area contributed by atoms with Crippen molar-refractivity contribution in [3.05, 3.63) is 12.2 Å². The maximum Gasteiger partial charge on any atom is 0.315 e. The second kappa shape index (κ2) is 6.17. The lowest BCUT2D eigenvalue weighted by atomic mass is 10.1. The van der Waals surface area contributed by atoms with Crippen LogP contribution in [0.5, 0.6) is 0 Å². The largest absolute Gasteiger partial charge is 0.481 e. The first-order valence-electron chi connectivity index (χ1n) is 6.25. The van der Waals surface area contributed by atoms with Gasteiger partial charge in [0.2, 0.25) is 0 Å². The minimum absolute atomic E-state index is 0.0276. The monoisotopic (exact) mass is 267 g/mol. The normalized spacial score (nSPS) is 15.8. The molecular formula is C11H17N5O3. The van der Waals surface area contributed by atoms with Gasteiger partial charge >= 0.3 is 12.0 Å². The number of aliphatic carboxylic acids is 1. The molecule has 0 radical (unpaired) electrons.